The van der Waals surface area contributed by atoms with Crippen LogP contribution >= 0.6 is 11.6 Å². The van der Waals surface area contributed by atoms with Crippen LogP contribution in [0.15, 0.2) is 48.5 Å². The number of benzene rings is 2. The third-order valence-corrected chi connectivity index (χ3v) is 4.47. The molecule has 1 aliphatic rings. The van der Waals surface area contributed by atoms with Crippen molar-refractivity contribution >= 4 is 11.6 Å². The topological polar surface area (TPSA) is 29.9 Å². The molecule has 1 aromatic heterocycles. The fraction of sp³-hybridized carbons (Fsp3) is 0.167. The Morgan fingerprint density at radius 3 is 2.44 bits per heavy atom. The van der Waals surface area contributed by atoms with Crippen LogP contribution in [0.25, 0.3) is 16.9 Å². The van der Waals surface area contributed by atoms with Crippen LogP contribution in [0.4, 0.5) is 13.2 Å². The minimum absolute atomic E-state index is 0.0225. The molecule has 3 aromatic rings. The van der Waals surface area contributed by atoms with Gasteiger partial charge < -0.3 is 5.32 Å². The molecule has 0 atom stereocenters. The van der Waals surface area contributed by atoms with Gasteiger partial charge in [0.05, 0.1) is 22.6 Å². The molecule has 1 N–H and O–H groups in total. The molecular weight excluding hydrogens is 351 g/mol. The average molecular weight is 364 g/mol. The van der Waals surface area contributed by atoms with Crippen LogP contribution in [-0.4, -0.2) is 9.78 Å². The summed E-state index contributed by atoms with van der Waals surface area (Å²) in [6.45, 7) is 1.11. The summed E-state index contributed by atoms with van der Waals surface area (Å²) in [6.07, 6.45) is -4.46. The molecule has 128 valence electrons. The molecule has 4 rings (SSSR count). The lowest BCUT2D eigenvalue weighted by atomic mass is 10.1. The van der Waals surface area contributed by atoms with E-state index in [1.165, 1.54) is 16.8 Å². The predicted octanol–water partition coefficient (Wildman–Crippen LogP) is 4.81. The number of halogens is 4. The molecule has 0 saturated carbocycles. The fourth-order valence-corrected chi connectivity index (χ4v) is 3.23. The van der Waals surface area contributed by atoms with Gasteiger partial charge in [0.2, 0.25) is 0 Å². The minimum atomic E-state index is -4.46. The summed E-state index contributed by atoms with van der Waals surface area (Å²) in [5, 5.41) is 8.21. The van der Waals surface area contributed by atoms with Gasteiger partial charge in [0.1, 0.15) is 0 Å². The van der Waals surface area contributed by atoms with Crippen LogP contribution in [0.2, 0.25) is 5.02 Å². The van der Waals surface area contributed by atoms with E-state index in [4.69, 9.17) is 11.6 Å². The Morgan fingerprint density at radius 1 is 1.00 bits per heavy atom. The molecule has 0 aliphatic carbocycles. The van der Waals surface area contributed by atoms with Gasteiger partial charge in [-0.3, -0.25) is 0 Å². The van der Waals surface area contributed by atoms with Gasteiger partial charge in [-0.1, -0.05) is 35.9 Å². The highest BCUT2D eigenvalue weighted by molar-refractivity contribution is 6.30. The SMILES string of the molecule is FC(F)(F)c1ccccc1-n1nc2c(c1-c1ccc(Cl)cc1)CNC2. The highest BCUT2D eigenvalue weighted by Crippen LogP contribution is 2.38. The van der Waals surface area contributed by atoms with Gasteiger partial charge in [-0.25, -0.2) is 4.68 Å². The summed E-state index contributed by atoms with van der Waals surface area (Å²) in [6, 6.07) is 12.5. The lowest BCUT2D eigenvalue weighted by Gasteiger charge is -2.16. The number of rotatable bonds is 2. The second-order valence-electron chi connectivity index (χ2n) is 5.81. The minimum Gasteiger partial charge on any atom is -0.307 e. The first-order valence-electron chi connectivity index (χ1n) is 7.69. The summed E-state index contributed by atoms with van der Waals surface area (Å²) >= 11 is 5.95. The van der Waals surface area contributed by atoms with E-state index >= 15 is 0 Å². The highest BCUT2D eigenvalue weighted by Gasteiger charge is 2.35. The zero-order chi connectivity index (χ0) is 17.6. The number of nitrogens with one attached hydrogen (secondary N) is 1. The molecule has 25 heavy (non-hydrogen) atoms. The Hall–Kier alpha value is -2.31. The molecule has 0 bridgehead atoms. The van der Waals surface area contributed by atoms with E-state index in [2.05, 4.69) is 10.4 Å². The van der Waals surface area contributed by atoms with Gasteiger partial charge in [0.15, 0.2) is 0 Å². The first-order chi connectivity index (χ1) is 11.9. The largest absolute Gasteiger partial charge is 0.418 e. The lowest BCUT2D eigenvalue weighted by Crippen LogP contribution is -2.13. The summed E-state index contributed by atoms with van der Waals surface area (Å²) in [5.74, 6) is 0. The molecule has 2 aromatic carbocycles. The lowest BCUT2D eigenvalue weighted by molar-refractivity contribution is -0.137. The average Bonchev–Trinajstić information content (AvgIpc) is 3.16. The van der Waals surface area contributed by atoms with Gasteiger partial charge in [0, 0.05) is 29.2 Å². The number of nitrogens with zero attached hydrogens (tertiary/aromatic N) is 2. The Labute approximate surface area is 147 Å². The second kappa shape index (κ2) is 5.89. The normalized spacial score (nSPS) is 13.9. The van der Waals surface area contributed by atoms with Gasteiger partial charge in [0.25, 0.3) is 0 Å². The highest BCUT2D eigenvalue weighted by atomic mass is 35.5. The number of alkyl halides is 3. The molecule has 0 saturated heterocycles. The molecule has 0 radical (unpaired) electrons. The molecule has 0 fully saturated rings. The smallest absolute Gasteiger partial charge is 0.307 e. The third kappa shape index (κ3) is 2.81. The van der Waals surface area contributed by atoms with Gasteiger partial charge in [-0.05, 0) is 24.3 Å². The molecule has 7 heteroatoms. The van der Waals surface area contributed by atoms with E-state index < -0.39 is 11.7 Å². The van der Waals surface area contributed by atoms with Crippen molar-refractivity contribution in [2.75, 3.05) is 0 Å². The Bertz CT molecular complexity index is 930. The zero-order valence-corrected chi connectivity index (χ0v) is 13.7. The number of hydrogen-bond donors (Lipinski definition) is 1. The summed E-state index contributed by atoms with van der Waals surface area (Å²) in [5.41, 5.74) is 2.43. The molecule has 0 unspecified atom stereocenters. The summed E-state index contributed by atoms with van der Waals surface area (Å²) in [4.78, 5) is 0. The molecule has 0 spiro atoms. The predicted molar refractivity (Wildman–Crippen MR) is 89.6 cm³/mol. The molecular formula is C18H13ClF3N3. The van der Waals surface area contributed by atoms with E-state index in [0.717, 1.165) is 22.9 Å². The van der Waals surface area contributed by atoms with Gasteiger partial charge >= 0.3 is 6.18 Å². The Balaban J connectivity index is 1.97. The quantitative estimate of drug-likeness (QED) is 0.707. The zero-order valence-electron chi connectivity index (χ0n) is 12.9. The molecule has 1 aliphatic heterocycles. The van der Waals surface area contributed by atoms with Crippen molar-refractivity contribution in [2.24, 2.45) is 0 Å². The first kappa shape index (κ1) is 16.2. The van der Waals surface area contributed by atoms with Gasteiger partial charge in [-0.15, -0.1) is 0 Å². The molecule has 0 amide bonds. The van der Waals surface area contributed by atoms with E-state index in [-0.39, 0.29) is 5.69 Å². The maximum atomic E-state index is 13.5. The third-order valence-electron chi connectivity index (χ3n) is 4.22. The number of aromatic nitrogens is 2. The number of para-hydroxylation sites is 1. The molecule has 3 nitrogen and oxygen atoms in total. The van der Waals surface area contributed by atoms with Crippen molar-refractivity contribution in [2.45, 2.75) is 19.3 Å². The first-order valence-corrected chi connectivity index (χ1v) is 8.07. The van der Waals surface area contributed by atoms with Crippen molar-refractivity contribution < 1.29 is 13.2 Å². The van der Waals surface area contributed by atoms with Crippen molar-refractivity contribution in [3.8, 4) is 16.9 Å². The van der Waals surface area contributed by atoms with E-state index in [1.54, 1.807) is 30.3 Å². The van der Waals surface area contributed by atoms with Crippen molar-refractivity contribution in [3.63, 3.8) is 0 Å². The monoisotopic (exact) mass is 363 g/mol. The Morgan fingerprint density at radius 2 is 1.72 bits per heavy atom. The number of fused-ring (bicyclic) bond motifs is 1. The maximum Gasteiger partial charge on any atom is 0.418 e. The van der Waals surface area contributed by atoms with Crippen LogP contribution in [0.5, 0.6) is 0 Å². The fourth-order valence-electron chi connectivity index (χ4n) is 3.11. The van der Waals surface area contributed by atoms with Crippen LogP contribution in [0.1, 0.15) is 16.8 Å². The summed E-state index contributed by atoms with van der Waals surface area (Å²) in [7, 11) is 0. The van der Waals surface area contributed by atoms with Crippen molar-refractivity contribution in [3.05, 3.63) is 70.4 Å². The summed E-state index contributed by atoms with van der Waals surface area (Å²) < 4.78 is 41.8. The maximum absolute atomic E-state index is 13.5. The second-order valence-corrected chi connectivity index (χ2v) is 6.25. The molecule has 2 heterocycles. The van der Waals surface area contributed by atoms with Crippen molar-refractivity contribution in [1.29, 1.82) is 0 Å². The van der Waals surface area contributed by atoms with E-state index in [0.29, 0.717) is 23.8 Å². The van der Waals surface area contributed by atoms with E-state index in [1.807, 2.05) is 0 Å². The van der Waals surface area contributed by atoms with Crippen LogP contribution < -0.4 is 5.32 Å². The van der Waals surface area contributed by atoms with E-state index in [9.17, 15) is 13.2 Å². The number of hydrogen-bond acceptors (Lipinski definition) is 2. The van der Waals surface area contributed by atoms with Gasteiger partial charge in [-0.2, -0.15) is 18.3 Å². The van der Waals surface area contributed by atoms with Crippen LogP contribution in [0.3, 0.4) is 0 Å². The van der Waals surface area contributed by atoms with Crippen molar-refractivity contribution in [1.82, 2.24) is 15.1 Å². The Kier molecular flexibility index (Phi) is 3.81. The van der Waals surface area contributed by atoms with Crippen LogP contribution in [0, 0.1) is 0 Å². The van der Waals surface area contributed by atoms with Crippen LogP contribution in [-0.2, 0) is 19.3 Å². The standard InChI is InChI=1S/C18H13ClF3N3/c19-12-7-5-11(6-8-12)17-13-9-23-10-15(13)24-25(17)16-4-2-1-3-14(16)18(20,21)22/h1-8,23H,9-10H2.